The predicted octanol–water partition coefficient (Wildman–Crippen LogP) is 3.02. The first kappa shape index (κ1) is 23.7. The molecule has 0 spiro atoms. The fourth-order valence-corrected chi connectivity index (χ4v) is 3.78. The number of guanidine groups is 1. The lowest BCUT2D eigenvalue weighted by atomic mass is 10.1. The van der Waals surface area contributed by atoms with Gasteiger partial charge in [0.15, 0.2) is 15.8 Å². The lowest BCUT2D eigenvalue weighted by molar-refractivity contribution is 0.559. The predicted molar refractivity (Wildman–Crippen MR) is 125 cm³/mol. The molecule has 1 aromatic heterocycles. The third-order valence-corrected chi connectivity index (χ3v) is 7.11. The number of aryl methyl sites for hydroxylation is 1. The van der Waals surface area contributed by atoms with Crippen molar-refractivity contribution in [2.45, 2.75) is 38.9 Å². The van der Waals surface area contributed by atoms with Crippen LogP contribution in [0.4, 0.5) is 0 Å². The SMILES string of the molecule is CN=C(NCCc1c[nH]c2cccc(C)c12)NCCS(=O)(=O)C(C)(C)C.I. The molecule has 0 bridgehead atoms. The molecule has 0 amide bonds. The van der Waals surface area contributed by atoms with Crippen molar-refractivity contribution in [3.8, 4) is 0 Å². The molecule has 2 rings (SSSR count). The highest BCUT2D eigenvalue weighted by Gasteiger charge is 2.28. The molecule has 3 N–H and O–H groups in total. The largest absolute Gasteiger partial charge is 0.361 e. The summed E-state index contributed by atoms with van der Waals surface area (Å²) >= 11 is 0. The zero-order chi connectivity index (χ0) is 19.4. The molecule has 0 fully saturated rings. The van der Waals surface area contributed by atoms with Crippen molar-refractivity contribution >= 4 is 50.7 Å². The third-order valence-electron chi connectivity index (χ3n) is 4.50. The van der Waals surface area contributed by atoms with Crippen LogP contribution in [0.25, 0.3) is 10.9 Å². The van der Waals surface area contributed by atoms with Gasteiger partial charge in [0.25, 0.3) is 0 Å². The summed E-state index contributed by atoms with van der Waals surface area (Å²) in [6, 6.07) is 6.24. The van der Waals surface area contributed by atoms with E-state index in [1.54, 1.807) is 27.8 Å². The second kappa shape index (κ2) is 9.77. The van der Waals surface area contributed by atoms with Crippen molar-refractivity contribution in [2.75, 3.05) is 25.9 Å². The van der Waals surface area contributed by atoms with Gasteiger partial charge in [-0.15, -0.1) is 24.0 Å². The maximum absolute atomic E-state index is 12.1. The number of H-pyrrole nitrogens is 1. The maximum atomic E-state index is 12.1. The third kappa shape index (κ3) is 6.10. The topological polar surface area (TPSA) is 86.3 Å². The van der Waals surface area contributed by atoms with Gasteiger partial charge in [0.2, 0.25) is 0 Å². The van der Waals surface area contributed by atoms with Crippen LogP contribution < -0.4 is 10.6 Å². The minimum Gasteiger partial charge on any atom is -0.361 e. The number of benzene rings is 1. The Morgan fingerprint density at radius 3 is 2.48 bits per heavy atom. The number of aromatic amines is 1. The van der Waals surface area contributed by atoms with E-state index in [0.717, 1.165) is 11.9 Å². The number of hydrogen-bond acceptors (Lipinski definition) is 3. The molecule has 0 radical (unpaired) electrons. The highest BCUT2D eigenvalue weighted by molar-refractivity contribution is 14.0. The summed E-state index contributed by atoms with van der Waals surface area (Å²) in [5.74, 6) is 0.699. The van der Waals surface area contributed by atoms with Crippen LogP contribution in [0.3, 0.4) is 0 Å². The monoisotopic (exact) mass is 506 g/mol. The number of fused-ring (bicyclic) bond motifs is 1. The standard InChI is InChI=1S/C19H30N4O2S.HI/c1-14-7-6-8-16-17(14)15(13-23-16)9-10-21-18(20-5)22-11-12-26(24,25)19(2,3)4;/h6-8,13,23H,9-12H2,1-5H3,(H2,20,21,22);1H. The number of aromatic nitrogens is 1. The number of aliphatic imine (C=N–C) groups is 1. The number of nitrogens with one attached hydrogen (secondary N) is 3. The Bertz CT molecular complexity index is 883. The van der Waals surface area contributed by atoms with E-state index in [0.29, 0.717) is 19.0 Å². The molecule has 6 nitrogen and oxygen atoms in total. The van der Waals surface area contributed by atoms with E-state index in [1.165, 1.54) is 16.5 Å². The average molecular weight is 506 g/mol. The second-order valence-electron chi connectivity index (χ2n) is 7.42. The van der Waals surface area contributed by atoms with Gasteiger partial charge in [-0.05, 0) is 51.3 Å². The summed E-state index contributed by atoms with van der Waals surface area (Å²) in [5, 5.41) is 7.60. The van der Waals surface area contributed by atoms with Gasteiger partial charge in [-0.25, -0.2) is 8.42 Å². The minimum absolute atomic E-state index is 0. The molecule has 8 heteroatoms. The highest BCUT2D eigenvalue weighted by atomic mass is 127. The Morgan fingerprint density at radius 2 is 1.85 bits per heavy atom. The fourth-order valence-electron chi connectivity index (χ4n) is 2.79. The van der Waals surface area contributed by atoms with Crippen LogP contribution in [0.5, 0.6) is 0 Å². The molecule has 152 valence electrons. The van der Waals surface area contributed by atoms with Crippen LogP contribution in [-0.2, 0) is 16.3 Å². The van der Waals surface area contributed by atoms with Crippen molar-refractivity contribution in [1.82, 2.24) is 15.6 Å². The first-order valence-electron chi connectivity index (χ1n) is 8.88. The average Bonchev–Trinajstić information content (AvgIpc) is 2.97. The second-order valence-corrected chi connectivity index (χ2v) is 10.3. The minimum atomic E-state index is -3.14. The summed E-state index contributed by atoms with van der Waals surface area (Å²) in [5.41, 5.74) is 3.67. The Kier molecular flexibility index (Phi) is 8.59. The van der Waals surface area contributed by atoms with Crippen molar-refractivity contribution in [3.05, 3.63) is 35.5 Å². The molecule has 0 atom stereocenters. The quantitative estimate of drug-likeness (QED) is 0.320. The zero-order valence-corrected chi connectivity index (χ0v) is 19.9. The maximum Gasteiger partial charge on any atom is 0.191 e. The Morgan fingerprint density at radius 1 is 1.19 bits per heavy atom. The van der Waals surface area contributed by atoms with Crippen LogP contribution in [0.1, 0.15) is 31.9 Å². The number of rotatable bonds is 6. The number of sulfone groups is 1. The molecule has 0 aliphatic carbocycles. The van der Waals surface area contributed by atoms with Gasteiger partial charge >= 0.3 is 0 Å². The zero-order valence-electron chi connectivity index (χ0n) is 16.7. The molecule has 0 saturated heterocycles. The molecule has 0 aliphatic heterocycles. The van der Waals surface area contributed by atoms with Crippen LogP contribution in [-0.4, -0.2) is 50.0 Å². The fraction of sp³-hybridized carbons (Fsp3) is 0.526. The van der Waals surface area contributed by atoms with Crippen LogP contribution in [0.2, 0.25) is 0 Å². The molecular formula is C19H31IN4O2S. The lowest BCUT2D eigenvalue weighted by Crippen LogP contribution is -2.42. The molecule has 0 saturated carbocycles. The van der Waals surface area contributed by atoms with Crippen LogP contribution in [0.15, 0.2) is 29.4 Å². The molecule has 0 aliphatic rings. The van der Waals surface area contributed by atoms with Crippen LogP contribution >= 0.6 is 24.0 Å². The van der Waals surface area contributed by atoms with Crippen molar-refractivity contribution in [3.63, 3.8) is 0 Å². The van der Waals surface area contributed by atoms with E-state index in [4.69, 9.17) is 0 Å². The summed E-state index contributed by atoms with van der Waals surface area (Å²) in [7, 11) is -1.45. The molecule has 1 heterocycles. The first-order valence-corrected chi connectivity index (χ1v) is 10.5. The van der Waals surface area contributed by atoms with Gasteiger partial charge in [-0.3, -0.25) is 4.99 Å². The number of hydrogen-bond donors (Lipinski definition) is 3. The highest BCUT2D eigenvalue weighted by Crippen LogP contribution is 2.22. The van der Waals surface area contributed by atoms with E-state index in [9.17, 15) is 8.42 Å². The van der Waals surface area contributed by atoms with Gasteiger partial charge < -0.3 is 15.6 Å². The molecular weight excluding hydrogens is 475 g/mol. The van der Waals surface area contributed by atoms with Gasteiger partial charge in [-0.1, -0.05) is 12.1 Å². The van der Waals surface area contributed by atoms with Gasteiger partial charge in [0, 0.05) is 37.2 Å². The number of nitrogens with zero attached hydrogens (tertiary/aromatic N) is 1. The van der Waals surface area contributed by atoms with Gasteiger partial charge in [-0.2, -0.15) is 0 Å². The smallest absolute Gasteiger partial charge is 0.191 e. The molecule has 27 heavy (non-hydrogen) atoms. The van der Waals surface area contributed by atoms with Crippen LogP contribution in [0, 0.1) is 6.92 Å². The molecule has 2 aromatic rings. The number of halogens is 1. The van der Waals surface area contributed by atoms with E-state index in [-0.39, 0.29) is 29.7 Å². The van der Waals surface area contributed by atoms with Crippen molar-refractivity contribution in [2.24, 2.45) is 4.99 Å². The normalized spacial score (nSPS) is 12.7. The summed E-state index contributed by atoms with van der Waals surface area (Å²) in [4.78, 5) is 7.47. The Hall–Kier alpha value is -1.29. The summed E-state index contributed by atoms with van der Waals surface area (Å²) in [6.07, 6.45) is 2.90. The summed E-state index contributed by atoms with van der Waals surface area (Å²) < 4.78 is 23.6. The van der Waals surface area contributed by atoms with E-state index in [2.05, 4.69) is 39.7 Å². The van der Waals surface area contributed by atoms with E-state index >= 15 is 0 Å². The molecule has 0 unspecified atom stereocenters. The van der Waals surface area contributed by atoms with Crippen molar-refractivity contribution in [1.29, 1.82) is 0 Å². The Balaban J connectivity index is 0.00000364. The molecule has 1 aromatic carbocycles. The van der Waals surface area contributed by atoms with Crippen molar-refractivity contribution < 1.29 is 8.42 Å². The van der Waals surface area contributed by atoms with E-state index in [1.807, 2.05) is 12.3 Å². The van der Waals surface area contributed by atoms with Gasteiger partial charge in [0.05, 0.1) is 10.5 Å². The van der Waals surface area contributed by atoms with E-state index < -0.39 is 14.6 Å². The Labute approximate surface area is 179 Å². The summed E-state index contributed by atoms with van der Waals surface area (Å²) in [6.45, 7) is 8.33. The van der Waals surface area contributed by atoms with Gasteiger partial charge in [0.1, 0.15) is 0 Å². The first-order chi connectivity index (χ1) is 12.2. The lowest BCUT2D eigenvalue weighted by Gasteiger charge is -2.19.